The Labute approximate surface area is 121 Å². The summed E-state index contributed by atoms with van der Waals surface area (Å²) in [5.74, 6) is 0. The molecule has 3 heterocycles. The highest BCUT2D eigenvalue weighted by Crippen LogP contribution is 2.34. The fourth-order valence-corrected chi connectivity index (χ4v) is 3.36. The first-order chi connectivity index (χ1) is 9.95. The molecule has 2 saturated heterocycles. The van der Waals surface area contributed by atoms with E-state index in [4.69, 9.17) is 5.73 Å². The lowest BCUT2D eigenvalue weighted by Crippen LogP contribution is -2.41. The van der Waals surface area contributed by atoms with Crippen LogP contribution in [0.4, 0.5) is 24.5 Å². The Morgan fingerprint density at radius 1 is 1.24 bits per heavy atom. The second-order valence-corrected chi connectivity index (χ2v) is 5.79. The highest BCUT2D eigenvalue weighted by atomic mass is 19.4. The molecule has 0 saturated carbocycles. The number of alkyl halides is 3. The predicted molar refractivity (Wildman–Crippen MR) is 74.9 cm³/mol. The second-order valence-electron chi connectivity index (χ2n) is 5.79. The lowest BCUT2D eigenvalue weighted by molar-refractivity contribution is -0.141. The zero-order valence-electron chi connectivity index (χ0n) is 11.7. The van der Waals surface area contributed by atoms with Crippen molar-refractivity contribution in [2.45, 2.75) is 43.9 Å². The summed E-state index contributed by atoms with van der Waals surface area (Å²) in [7, 11) is 0. The zero-order valence-corrected chi connectivity index (χ0v) is 11.7. The normalized spacial score (nSPS) is 26.6. The molecule has 7 heteroatoms. The average molecular weight is 300 g/mol. The molecule has 0 radical (unpaired) electrons. The van der Waals surface area contributed by atoms with Crippen LogP contribution >= 0.6 is 0 Å². The Hall–Kier alpha value is -1.50. The first-order valence-electron chi connectivity index (χ1n) is 7.28. The van der Waals surface area contributed by atoms with Gasteiger partial charge in [0.15, 0.2) is 0 Å². The summed E-state index contributed by atoms with van der Waals surface area (Å²) in [4.78, 5) is 5.79. The number of rotatable bonds is 2. The molecule has 2 aliphatic heterocycles. The van der Waals surface area contributed by atoms with E-state index in [1.54, 1.807) is 0 Å². The van der Waals surface area contributed by atoms with Gasteiger partial charge in [0, 0.05) is 18.6 Å². The van der Waals surface area contributed by atoms with Crippen LogP contribution in [0.2, 0.25) is 0 Å². The number of hydrogen-bond acceptors (Lipinski definition) is 4. The molecule has 3 N–H and O–H groups in total. The van der Waals surface area contributed by atoms with E-state index < -0.39 is 11.9 Å². The van der Waals surface area contributed by atoms with Crippen molar-refractivity contribution in [2.75, 3.05) is 24.1 Å². The smallest absolute Gasteiger partial charge is 0.396 e. The number of nitrogens with zero attached hydrogens (tertiary/aromatic N) is 2. The van der Waals surface area contributed by atoms with Gasteiger partial charge in [0.1, 0.15) is 5.69 Å². The van der Waals surface area contributed by atoms with Crippen LogP contribution in [0.15, 0.2) is 12.3 Å². The first-order valence-corrected chi connectivity index (χ1v) is 7.28. The lowest BCUT2D eigenvalue weighted by Gasteiger charge is -2.33. The molecule has 2 fully saturated rings. The van der Waals surface area contributed by atoms with E-state index in [0.29, 0.717) is 11.7 Å². The summed E-state index contributed by atoms with van der Waals surface area (Å²) in [6.07, 6.45) is 1.05. The highest BCUT2D eigenvalue weighted by molar-refractivity contribution is 5.66. The quantitative estimate of drug-likeness (QED) is 0.882. The van der Waals surface area contributed by atoms with E-state index in [1.807, 2.05) is 0 Å². The molecule has 3 rings (SSSR count). The second kappa shape index (κ2) is 5.36. The number of hydrogen-bond donors (Lipinski definition) is 2. The fraction of sp³-hybridized carbons (Fsp3) is 0.643. The van der Waals surface area contributed by atoms with Gasteiger partial charge in [-0.2, -0.15) is 13.2 Å². The molecule has 0 amide bonds. The van der Waals surface area contributed by atoms with Crippen molar-refractivity contribution in [2.24, 2.45) is 0 Å². The maximum Gasteiger partial charge on any atom is 0.433 e. The van der Waals surface area contributed by atoms with Crippen molar-refractivity contribution in [3.05, 3.63) is 18.0 Å². The summed E-state index contributed by atoms with van der Waals surface area (Å²) < 4.78 is 38.2. The summed E-state index contributed by atoms with van der Waals surface area (Å²) in [6.45, 7) is 2.09. The van der Waals surface area contributed by atoms with Crippen molar-refractivity contribution >= 4 is 11.4 Å². The van der Waals surface area contributed by atoms with Crippen molar-refractivity contribution in [1.82, 2.24) is 9.88 Å². The Balaban J connectivity index is 1.78. The maximum absolute atomic E-state index is 12.7. The van der Waals surface area contributed by atoms with Crippen molar-refractivity contribution in [1.29, 1.82) is 0 Å². The van der Waals surface area contributed by atoms with Gasteiger partial charge in [0.25, 0.3) is 0 Å². The molecule has 2 unspecified atom stereocenters. The molecule has 21 heavy (non-hydrogen) atoms. The molecule has 0 spiro atoms. The molecule has 0 aliphatic carbocycles. The van der Waals surface area contributed by atoms with Crippen LogP contribution in [0.25, 0.3) is 0 Å². The van der Waals surface area contributed by atoms with Crippen molar-refractivity contribution in [3.63, 3.8) is 0 Å². The van der Waals surface area contributed by atoms with Crippen LogP contribution < -0.4 is 11.1 Å². The van der Waals surface area contributed by atoms with Crippen LogP contribution in [0.3, 0.4) is 0 Å². The Kier molecular flexibility index (Phi) is 3.69. The third-order valence-electron chi connectivity index (χ3n) is 4.42. The summed E-state index contributed by atoms with van der Waals surface area (Å²) >= 11 is 0. The Morgan fingerprint density at radius 2 is 2.05 bits per heavy atom. The molecular formula is C14H19F3N4. The number of aromatic nitrogens is 1. The van der Waals surface area contributed by atoms with Gasteiger partial charge in [-0.1, -0.05) is 6.42 Å². The minimum Gasteiger partial charge on any atom is -0.396 e. The number of fused-ring (bicyclic) bond motifs is 1. The topological polar surface area (TPSA) is 54.2 Å². The molecule has 0 aromatic carbocycles. The third-order valence-corrected chi connectivity index (χ3v) is 4.42. The Bertz CT molecular complexity index is 517. The van der Waals surface area contributed by atoms with E-state index in [-0.39, 0.29) is 11.7 Å². The minimum atomic E-state index is -4.45. The van der Waals surface area contributed by atoms with Crippen LogP contribution in [-0.4, -0.2) is 35.1 Å². The van der Waals surface area contributed by atoms with E-state index >= 15 is 0 Å². The SMILES string of the molecule is Nc1cnc(C(F)(F)F)cc1NC1CCN2CCCCC12. The largest absolute Gasteiger partial charge is 0.433 e. The maximum atomic E-state index is 12.7. The van der Waals surface area contributed by atoms with Crippen LogP contribution in [0.1, 0.15) is 31.4 Å². The predicted octanol–water partition coefficient (Wildman–Crippen LogP) is 2.72. The monoisotopic (exact) mass is 300 g/mol. The van der Waals surface area contributed by atoms with E-state index in [0.717, 1.165) is 38.2 Å². The van der Waals surface area contributed by atoms with Gasteiger partial charge in [0.05, 0.1) is 17.6 Å². The van der Waals surface area contributed by atoms with Crippen LogP contribution in [0, 0.1) is 0 Å². The molecule has 2 aliphatic rings. The van der Waals surface area contributed by atoms with E-state index in [9.17, 15) is 13.2 Å². The van der Waals surface area contributed by atoms with Gasteiger partial charge >= 0.3 is 6.18 Å². The van der Waals surface area contributed by atoms with Crippen molar-refractivity contribution < 1.29 is 13.2 Å². The summed E-state index contributed by atoms with van der Waals surface area (Å²) in [6, 6.07) is 1.58. The highest BCUT2D eigenvalue weighted by Gasteiger charge is 2.37. The molecule has 116 valence electrons. The van der Waals surface area contributed by atoms with Gasteiger partial charge in [-0.3, -0.25) is 4.90 Å². The van der Waals surface area contributed by atoms with Gasteiger partial charge < -0.3 is 11.1 Å². The number of halogens is 3. The summed E-state index contributed by atoms with van der Waals surface area (Å²) in [5.41, 5.74) is 5.47. The standard InChI is InChI=1S/C14H19F3N4/c15-14(16,17)13-7-11(9(18)8-19-13)20-10-4-6-21-5-2-1-3-12(10)21/h7-8,10,12H,1-6,18H2,(H,19,20). The number of nitrogens with one attached hydrogen (secondary N) is 1. The van der Waals surface area contributed by atoms with E-state index in [1.165, 1.54) is 12.8 Å². The average Bonchev–Trinajstić information content (AvgIpc) is 2.83. The van der Waals surface area contributed by atoms with Gasteiger partial charge in [-0.25, -0.2) is 4.98 Å². The zero-order chi connectivity index (χ0) is 15.0. The van der Waals surface area contributed by atoms with Crippen LogP contribution in [-0.2, 0) is 6.18 Å². The Morgan fingerprint density at radius 3 is 2.81 bits per heavy atom. The summed E-state index contributed by atoms with van der Waals surface area (Å²) in [5, 5.41) is 3.21. The molecule has 4 nitrogen and oxygen atoms in total. The van der Waals surface area contributed by atoms with Gasteiger partial charge in [-0.15, -0.1) is 0 Å². The third kappa shape index (κ3) is 2.92. The number of anilines is 2. The molecular weight excluding hydrogens is 281 g/mol. The van der Waals surface area contributed by atoms with E-state index in [2.05, 4.69) is 15.2 Å². The molecule has 0 bridgehead atoms. The number of nitrogens with two attached hydrogens (primary N) is 1. The minimum absolute atomic E-state index is 0.163. The number of piperidine rings is 1. The first kappa shape index (κ1) is 14.4. The molecule has 1 aromatic rings. The lowest BCUT2D eigenvalue weighted by atomic mass is 9.99. The van der Waals surface area contributed by atoms with Gasteiger partial charge in [0.2, 0.25) is 0 Å². The number of nitrogen functional groups attached to an aromatic ring is 1. The van der Waals surface area contributed by atoms with Crippen molar-refractivity contribution in [3.8, 4) is 0 Å². The van der Waals surface area contributed by atoms with Gasteiger partial charge in [-0.05, 0) is 31.9 Å². The molecule has 1 aromatic heterocycles. The number of pyridine rings is 1. The fourth-order valence-electron chi connectivity index (χ4n) is 3.36. The molecule has 2 atom stereocenters. The van der Waals surface area contributed by atoms with Crippen LogP contribution in [0.5, 0.6) is 0 Å².